The van der Waals surface area contributed by atoms with E-state index in [1.54, 1.807) is 17.4 Å². The molecule has 2 N–H and O–H groups in total. The number of rotatable bonds is 3. The summed E-state index contributed by atoms with van der Waals surface area (Å²) in [5, 5.41) is 19.5. The van der Waals surface area contributed by atoms with Gasteiger partial charge in [0, 0.05) is 56.9 Å². The second-order valence-corrected chi connectivity index (χ2v) is 17.1. The second-order valence-electron chi connectivity index (χ2n) is 12.8. The molecule has 3 aliphatic heterocycles. The molecule has 0 spiro atoms. The monoisotopic (exact) mass is 530 g/mol. The van der Waals surface area contributed by atoms with Crippen LogP contribution in [0.3, 0.4) is 0 Å². The first-order chi connectivity index (χ1) is 18.2. The lowest BCUT2D eigenvalue weighted by atomic mass is 9.69. The van der Waals surface area contributed by atoms with Crippen molar-refractivity contribution >= 4 is 35.6 Å². The van der Waals surface area contributed by atoms with Crippen molar-refractivity contribution in [2.24, 2.45) is 17.8 Å². The predicted molar refractivity (Wildman–Crippen MR) is 159 cm³/mol. The third-order valence-corrected chi connectivity index (χ3v) is 13.8. The number of aryl methyl sites for hydroxylation is 2. The molecule has 2 aromatic carbocycles. The highest BCUT2D eigenvalue weighted by molar-refractivity contribution is 7.01. The Morgan fingerprint density at radius 3 is 2.66 bits per heavy atom. The summed E-state index contributed by atoms with van der Waals surface area (Å²) in [4.78, 5) is 15.0. The van der Waals surface area contributed by atoms with E-state index in [0.29, 0.717) is 0 Å². The highest BCUT2D eigenvalue weighted by Gasteiger charge is 2.42. The van der Waals surface area contributed by atoms with Crippen LogP contribution in [-0.2, 0) is 17.6 Å². The summed E-state index contributed by atoms with van der Waals surface area (Å²) in [7, 11) is 4.24. The van der Waals surface area contributed by atoms with E-state index in [-0.39, 0.29) is 30.3 Å². The molecule has 5 nitrogen and oxygen atoms in total. The fourth-order valence-electron chi connectivity index (χ4n) is 8.09. The molecule has 1 saturated carbocycles. The van der Waals surface area contributed by atoms with Crippen LogP contribution in [0.2, 0.25) is 13.1 Å². The minimum Gasteiger partial charge on any atom is -0.396 e. The van der Waals surface area contributed by atoms with Gasteiger partial charge in [0.15, 0.2) is 0 Å². The number of aliphatic hydroxyl groups is 1. The molecule has 38 heavy (non-hydrogen) atoms. The van der Waals surface area contributed by atoms with Gasteiger partial charge in [-0.15, -0.1) is 0 Å². The SMILES string of the molecule is CNC(=O)C1CCC(C2=c3cc4c(cc3[Si](C)(C)c3cc5c(cc32)CCCN5C)=[N+](C)CCC4)C(CO)C1. The Balaban J connectivity index is 1.64. The number of hydrogen-bond donors (Lipinski definition) is 2. The van der Waals surface area contributed by atoms with E-state index >= 15 is 0 Å². The minimum absolute atomic E-state index is 0.00304. The van der Waals surface area contributed by atoms with Gasteiger partial charge in [-0.2, -0.15) is 0 Å². The van der Waals surface area contributed by atoms with Gasteiger partial charge in [0.25, 0.3) is 0 Å². The molecule has 6 rings (SSSR count). The molecule has 0 radical (unpaired) electrons. The Morgan fingerprint density at radius 1 is 1.11 bits per heavy atom. The Labute approximate surface area is 228 Å². The zero-order valence-electron chi connectivity index (χ0n) is 23.9. The molecule has 1 fully saturated rings. The van der Waals surface area contributed by atoms with E-state index in [0.717, 1.165) is 45.2 Å². The van der Waals surface area contributed by atoms with Crippen molar-refractivity contribution in [3.05, 3.63) is 51.5 Å². The standard InChI is InChI=1S/C32H43N3O2Si/c1-33-32(37)22-10-11-24(23(14-22)19-36)31-25-15-20-8-6-12-34(2)27(20)17-29(25)38(4,5)30-18-28-21(16-26(30)31)9-7-13-35(28)3/h15-18,22-24,36H,6-14,19H2,1-5H3/p+1. The number of carbonyl (C=O) groups is 1. The van der Waals surface area contributed by atoms with Gasteiger partial charge in [-0.25, -0.2) is 4.58 Å². The number of benzene rings is 2. The normalized spacial score (nSPS) is 25.7. The number of aliphatic hydroxyl groups excluding tert-OH is 1. The fourth-order valence-corrected chi connectivity index (χ4v) is 11.1. The van der Waals surface area contributed by atoms with Gasteiger partial charge in [0.05, 0.1) is 0 Å². The quantitative estimate of drug-likeness (QED) is 0.464. The van der Waals surface area contributed by atoms with Crippen molar-refractivity contribution in [1.29, 1.82) is 0 Å². The number of hydrogen-bond acceptors (Lipinski definition) is 3. The highest BCUT2D eigenvalue weighted by Crippen LogP contribution is 2.42. The van der Waals surface area contributed by atoms with Crippen LogP contribution in [0.5, 0.6) is 0 Å². The molecule has 3 heterocycles. The zero-order chi connectivity index (χ0) is 26.8. The van der Waals surface area contributed by atoms with Crippen molar-refractivity contribution < 1.29 is 9.90 Å². The van der Waals surface area contributed by atoms with Crippen molar-refractivity contribution in [2.75, 3.05) is 45.7 Å². The van der Waals surface area contributed by atoms with Crippen LogP contribution in [0.1, 0.15) is 48.8 Å². The molecular formula is C32H44N3O2Si+. The molecule has 3 atom stereocenters. The van der Waals surface area contributed by atoms with Crippen LogP contribution in [0.15, 0.2) is 24.3 Å². The second kappa shape index (κ2) is 9.63. The summed E-state index contributed by atoms with van der Waals surface area (Å²) in [6.45, 7) is 7.45. The summed E-state index contributed by atoms with van der Waals surface area (Å²) in [6.07, 6.45) is 7.27. The van der Waals surface area contributed by atoms with E-state index in [1.165, 1.54) is 51.4 Å². The average molecular weight is 531 g/mol. The van der Waals surface area contributed by atoms with Gasteiger partial charge in [0.2, 0.25) is 11.3 Å². The van der Waals surface area contributed by atoms with Crippen LogP contribution in [-0.4, -0.2) is 59.9 Å². The summed E-state index contributed by atoms with van der Waals surface area (Å²) in [5.74, 6) is 0.486. The maximum absolute atomic E-state index is 12.6. The Hall–Kier alpha value is -2.44. The van der Waals surface area contributed by atoms with E-state index < -0.39 is 8.07 Å². The van der Waals surface area contributed by atoms with Crippen molar-refractivity contribution in [2.45, 2.75) is 58.0 Å². The molecular weight excluding hydrogens is 486 g/mol. The van der Waals surface area contributed by atoms with Crippen molar-refractivity contribution in [1.82, 2.24) is 9.89 Å². The maximum Gasteiger partial charge on any atom is 0.222 e. The van der Waals surface area contributed by atoms with Crippen LogP contribution in [0.4, 0.5) is 5.69 Å². The zero-order valence-corrected chi connectivity index (χ0v) is 24.9. The maximum atomic E-state index is 12.6. The predicted octanol–water partition coefficient (Wildman–Crippen LogP) is 1.24. The van der Waals surface area contributed by atoms with Gasteiger partial charge in [-0.1, -0.05) is 13.1 Å². The largest absolute Gasteiger partial charge is 0.396 e. The van der Waals surface area contributed by atoms with Crippen LogP contribution in [0, 0.1) is 17.8 Å². The smallest absolute Gasteiger partial charge is 0.222 e. The number of fused-ring (bicyclic) bond motifs is 4. The first-order valence-electron chi connectivity index (χ1n) is 14.7. The third-order valence-electron chi connectivity index (χ3n) is 10.3. The van der Waals surface area contributed by atoms with Gasteiger partial charge in [-0.3, -0.25) is 4.79 Å². The minimum atomic E-state index is -1.99. The fraction of sp³-hybridized carbons (Fsp3) is 0.562. The van der Waals surface area contributed by atoms with Gasteiger partial charge >= 0.3 is 0 Å². The Morgan fingerprint density at radius 2 is 1.89 bits per heavy atom. The van der Waals surface area contributed by atoms with E-state index in [9.17, 15) is 9.90 Å². The summed E-state index contributed by atoms with van der Waals surface area (Å²) < 4.78 is 2.45. The lowest BCUT2D eigenvalue weighted by Crippen LogP contribution is -2.65. The number of nitrogens with one attached hydrogen (secondary N) is 1. The number of carbonyl (C=O) groups excluding carboxylic acids is 1. The summed E-state index contributed by atoms with van der Waals surface area (Å²) >= 11 is 0. The number of anilines is 1. The molecule has 0 saturated heterocycles. The molecule has 1 aliphatic carbocycles. The first-order valence-corrected chi connectivity index (χ1v) is 17.7. The molecule has 202 valence electrons. The first kappa shape index (κ1) is 25.8. The van der Waals surface area contributed by atoms with Gasteiger partial charge in [0.1, 0.15) is 21.7 Å². The highest BCUT2D eigenvalue weighted by atomic mass is 28.3. The molecule has 6 heteroatoms. The van der Waals surface area contributed by atoms with Crippen LogP contribution >= 0.6 is 0 Å². The lowest BCUT2D eigenvalue weighted by molar-refractivity contribution is -0.126. The van der Waals surface area contributed by atoms with Crippen LogP contribution in [0.25, 0.3) is 5.57 Å². The number of amides is 1. The van der Waals surface area contributed by atoms with Crippen molar-refractivity contribution in [3.63, 3.8) is 0 Å². The molecule has 0 aromatic heterocycles. The topological polar surface area (TPSA) is 55.6 Å². The Kier molecular flexibility index (Phi) is 6.54. The van der Waals surface area contributed by atoms with E-state index in [1.807, 2.05) is 0 Å². The molecule has 3 unspecified atom stereocenters. The molecule has 4 aliphatic rings. The lowest BCUT2D eigenvalue weighted by Gasteiger charge is -2.42. The Bertz CT molecular complexity index is 1430. The van der Waals surface area contributed by atoms with E-state index in [2.05, 4.69) is 66.2 Å². The molecule has 2 aromatic rings. The third kappa shape index (κ3) is 3.98. The van der Waals surface area contributed by atoms with Crippen LogP contribution < -0.4 is 35.7 Å². The van der Waals surface area contributed by atoms with Gasteiger partial charge in [-0.05, 0) is 101 Å². The van der Waals surface area contributed by atoms with Crippen molar-refractivity contribution in [3.8, 4) is 0 Å². The molecule has 0 bridgehead atoms. The van der Waals surface area contributed by atoms with E-state index in [4.69, 9.17) is 0 Å². The average Bonchev–Trinajstić information content (AvgIpc) is 2.92. The summed E-state index contributed by atoms with van der Waals surface area (Å²) in [5.41, 5.74) is 7.27. The number of nitrogens with zero attached hydrogens (tertiary/aromatic N) is 2. The summed E-state index contributed by atoms with van der Waals surface area (Å²) in [6, 6.07) is 10.2. The molecule has 1 amide bonds. The van der Waals surface area contributed by atoms with Gasteiger partial charge < -0.3 is 15.3 Å².